The number of nitriles is 1. The van der Waals surface area contributed by atoms with E-state index in [2.05, 4.69) is 9.62 Å². The maximum absolute atomic E-state index is 11.7. The zero-order chi connectivity index (χ0) is 12.9. The molecular weight excluding hydrogens is 242 g/mol. The van der Waals surface area contributed by atoms with Gasteiger partial charge in [0.25, 0.3) is 0 Å². The average molecular weight is 261 g/mol. The van der Waals surface area contributed by atoms with Crippen molar-refractivity contribution in [2.75, 3.05) is 33.3 Å². The number of nitrogens with one attached hydrogen (secondary N) is 1. The highest BCUT2D eigenvalue weighted by Gasteiger charge is 2.25. The van der Waals surface area contributed by atoms with Crippen molar-refractivity contribution in [3.05, 3.63) is 0 Å². The molecule has 7 heteroatoms. The maximum Gasteiger partial charge on any atom is 0.228 e. The molecule has 1 aliphatic heterocycles. The van der Waals surface area contributed by atoms with Crippen molar-refractivity contribution < 1.29 is 13.2 Å². The van der Waals surface area contributed by atoms with E-state index in [1.165, 1.54) is 0 Å². The number of sulfonamides is 1. The third-order valence-electron chi connectivity index (χ3n) is 2.74. The van der Waals surface area contributed by atoms with Crippen LogP contribution in [0.2, 0.25) is 0 Å². The first kappa shape index (κ1) is 14.4. The molecule has 2 atom stereocenters. The van der Waals surface area contributed by atoms with E-state index in [0.717, 1.165) is 6.54 Å². The lowest BCUT2D eigenvalue weighted by Gasteiger charge is -2.30. The van der Waals surface area contributed by atoms with E-state index < -0.39 is 15.3 Å². The van der Waals surface area contributed by atoms with Crippen molar-refractivity contribution in [3.8, 4) is 6.07 Å². The largest absolute Gasteiger partial charge is 0.374 e. The molecule has 0 amide bonds. The van der Waals surface area contributed by atoms with Crippen LogP contribution in [0.3, 0.4) is 0 Å². The average Bonchev–Trinajstić information content (AvgIpc) is 2.28. The Kier molecular flexibility index (Phi) is 5.33. The SMILES string of the molecule is CCC(C#N)S(=O)(=O)NCC1CN(C)CCO1. The van der Waals surface area contributed by atoms with Crippen LogP contribution in [0.4, 0.5) is 0 Å². The zero-order valence-electron chi connectivity index (χ0n) is 10.2. The van der Waals surface area contributed by atoms with Gasteiger partial charge in [-0.3, -0.25) is 0 Å². The minimum Gasteiger partial charge on any atom is -0.374 e. The summed E-state index contributed by atoms with van der Waals surface area (Å²) in [6, 6.07) is 1.79. The monoisotopic (exact) mass is 261 g/mol. The zero-order valence-corrected chi connectivity index (χ0v) is 11.0. The van der Waals surface area contributed by atoms with Gasteiger partial charge in [0, 0.05) is 19.6 Å². The van der Waals surface area contributed by atoms with Gasteiger partial charge in [-0.25, -0.2) is 13.1 Å². The van der Waals surface area contributed by atoms with Crippen LogP contribution in [0.5, 0.6) is 0 Å². The van der Waals surface area contributed by atoms with Crippen molar-refractivity contribution in [2.45, 2.75) is 24.7 Å². The lowest BCUT2D eigenvalue weighted by Crippen LogP contribution is -2.47. The number of hydrogen-bond acceptors (Lipinski definition) is 5. The van der Waals surface area contributed by atoms with Gasteiger partial charge in [0.15, 0.2) is 5.25 Å². The summed E-state index contributed by atoms with van der Waals surface area (Å²) in [4.78, 5) is 2.09. The highest BCUT2D eigenvalue weighted by molar-refractivity contribution is 7.90. The first-order chi connectivity index (χ1) is 7.99. The number of hydrogen-bond donors (Lipinski definition) is 1. The van der Waals surface area contributed by atoms with Gasteiger partial charge in [0.1, 0.15) is 0 Å². The normalized spacial score (nSPS) is 24.2. The van der Waals surface area contributed by atoms with Crippen molar-refractivity contribution in [1.29, 1.82) is 5.26 Å². The number of rotatable bonds is 5. The summed E-state index contributed by atoms with van der Waals surface area (Å²) in [5, 5.41) is 7.75. The predicted molar refractivity (Wildman–Crippen MR) is 63.9 cm³/mol. The van der Waals surface area contributed by atoms with Gasteiger partial charge in [0.2, 0.25) is 10.0 Å². The van der Waals surface area contributed by atoms with Gasteiger partial charge in [-0.1, -0.05) is 6.92 Å². The van der Waals surface area contributed by atoms with Gasteiger partial charge in [-0.2, -0.15) is 5.26 Å². The molecule has 98 valence electrons. The van der Waals surface area contributed by atoms with Crippen LogP contribution >= 0.6 is 0 Å². The molecular formula is C10H19N3O3S. The highest BCUT2D eigenvalue weighted by atomic mass is 32.2. The fourth-order valence-electron chi connectivity index (χ4n) is 1.68. The molecule has 0 radical (unpaired) electrons. The first-order valence-electron chi connectivity index (χ1n) is 5.67. The summed E-state index contributed by atoms with van der Waals surface area (Å²) in [5.41, 5.74) is 0. The Hall–Kier alpha value is -0.680. The molecule has 6 nitrogen and oxygen atoms in total. The van der Waals surface area contributed by atoms with E-state index in [1.807, 2.05) is 7.05 Å². The summed E-state index contributed by atoms with van der Waals surface area (Å²) in [6.07, 6.45) is 0.150. The van der Waals surface area contributed by atoms with E-state index in [0.29, 0.717) is 13.2 Å². The lowest BCUT2D eigenvalue weighted by molar-refractivity contribution is -0.0156. The van der Waals surface area contributed by atoms with Crippen LogP contribution in [-0.4, -0.2) is 58.0 Å². The minimum atomic E-state index is -3.55. The molecule has 1 N–H and O–H groups in total. The first-order valence-corrected chi connectivity index (χ1v) is 7.22. The smallest absolute Gasteiger partial charge is 0.228 e. The quantitative estimate of drug-likeness (QED) is 0.724. The fourth-order valence-corrected chi connectivity index (χ4v) is 2.88. The molecule has 1 rings (SSSR count). The molecule has 0 aromatic rings. The molecule has 2 unspecified atom stereocenters. The Morgan fingerprint density at radius 1 is 1.65 bits per heavy atom. The van der Waals surface area contributed by atoms with E-state index >= 15 is 0 Å². The number of likely N-dealkylation sites (N-methyl/N-ethyl adjacent to an activating group) is 1. The van der Waals surface area contributed by atoms with Crippen LogP contribution in [0, 0.1) is 11.3 Å². The number of nitrogens with zero attached hydrogens (tertiary/aromatic N) is 2. The van der Waals surface area contributed by atoms with E-state index in [9.17, 15) is 8.42 Å². The second kappa shape index (κ2) is 6.31. The van der Waals surface area contributed by atoms with Gasteiger partial charge in [-0.15, -0.1) is 0 Å². The Morgan fingerprint density at radius 2 is 2.35 bits per heavy atom. The predicted octanol–water partition coefficient (Wildman–Crippen LogP) is -0.461. The molecule has 0 saturated carbocycles. The van der Waals surface area contributed by atoms with E-state index in [-0.39, 0.29) is 19.1 Å². The molecule has 0 bridgehead atoms. The molecule has 1 saturated heterocycles. The van der Waals surface area contributed by atoms with Crippen LogP contribution in [0.25, 0.3) is 0 Å². The van der Waals surface area contributed by atoms with Crippen LogP contribution in [0.1, 0.15) is 13.3 Å². The van der Waals surface area contributed by atoms with Gasteiger partial charge in [-0.05, 0) is 13.5 Å². The summed E-state index contributed by atoms with van der Waals surface area (Å²) >= 11 is 0. The standard InChI is InChI=1S/C10H19N3O3S/c1-3-10(6-11)17(14,15)12-7-9-8-13(2)4-5-16-9/h9-10,12H,3-5,7-8H2,1-2H3. The highest BCUT2D eigenvalue weighted by Crippen LogP contribution is 2.05. The summed E-state index contributed by atoms with van der Waals surface area (Å²) in [5.74, 6) is 0. The Bertz CT molecular complexity index is 377. The molecule has 0 aliphatic carbocycles. The fraction of sp³-hybridized carbons (Fsp3) is 0.900. The summed E-state index contributed by atoms with van der Waals surface area (Å²) < 4.78 is 31.3. The third-order valence-corrected chi connectivity index (χ3v) is 4.50. The Morgan fingerprint density at radius 3 is 2.88 bits per heavy atom. The number of morpholine rings is 1. The van der Waals surface area contributed by atoms with Crippen molar-refractivity contribution in [3.63, 3.8) is 0 Å². The molecule has 0 aromatic carbocycles. The molecule has 0 aromatic heterocycles. The summed E-state index contributed by atoms with van der Waals surface area (Å²) in [7, 11) is -1.58. The second-order valence-electron chi connectivity index (χ2n) is 4.17. The van der Waals surface area contributed by atoms with E-state index in [4.69, 9.17) is 10.00 Å². The Labute approximate surface area is 103 Å². The third kappa shape index (κ3) is 4.24. The van der Waals surface area contributed by atoms with E-state index in [1.54, 1.807) is 13.0 Å². The van der Waals surface area contributed by atoms with Crippen molar-refractivity contribution >= 4 is 10.0 Å². The van der Waals surface area contributed by atoms with Crippen LogP contribution < -0.4 is 4.72 Å². The van der Waals surface area contributed by atoms with Gasteiger partial charge in [0.05, 0.1) is 18.8 Å². The molecule has 1 heterocycles. The lowest BCUT2D eigenvalue weighted by atomic mass is 10.3. The number of ether oxygens (including phenoxy) is 1. The second-order valence-corrected chi connectivity index (χ2v) is 6.12. The van der Waals surface area contributed by atoms with Gasteiger partial charge < -0.3 is 9.64 Å². The molecule has 0 spiro atoms. The minimum absolute atomic E-state index is 0.139. The van der Waals surface area contributed by atoms with Crippen LogP contribution in [-0.2, 0) is 14.8 Å². The van der Waals surface area contributed by atoms with Crippen LogP contribution in [0.15, 0.2) is 0 Å². The van der Waals surface area contributed by atoms with Gasteiger partial charge >= 0.3 is 0 Å². The molecule has 1 aliphatic rings. The van der Waals surface area contributed by atoms with Crippen molar-refractivity contribution in [1.82, 2.24) is 9.62 Å². The molecule has 17 heavy (non-hydrogen) atoms. The Balaban J connectivity index is 2.47. The molecule has 1 fully saturated rings. The maximum atomic E-state index is 11.7. The van der Waals surface area contributed by atoms with Crippen molar-refractivity contribution in [2.24, 2.45) is 0 Å². The topological polar surface area (TPSA) is 82.4 Å². The summed E-state index contributed by atoms with van der Waals surface area (Å²) in [6.45, 7) is 4.08.